The molecule has 306 valence electrons. The van der Waals surface area contributed by atoms with Gasteiger partial charge in [0.2, 0.25) is 0 Å². The zero-order chi connectivity index (χ0) is 43.0. The number of allylic oxidation sites excluding steroid dienone is 4. The molecule has 8 aromatic carbocycles. The molecular formula is C61H52N2. The van der Waals surface area contributed by atoms with Gasteiger partial charge in [0, 0.05) is 50.3 Å². The van der Waals surface area contributed by atoms with Crippen LogP contribution in [0.5, 0.6) is 0 Å². The first kappa shape index (κ1) is 38.7. The van der Waals surface area contributed by atoms with Crippen molar-refractivity contribution in [1.82, 2.24) is 4.57 Å². The molecule has 0 fully saturated rings. The highest BCUT2D eigenvalue weighted by Crippen LogP contribution is 2.52. The highest BCUT2D eigenvalue weighted by molar-refractivity contribution is 6.14. The average molecular weight is 813 g/mol. The smallest absolute Gasteiger partial charge is 0.0581 e. The van der Waals surface area contributed by atoms with E-state index in [1.807, 2.05) is 0 Å². The van der Waals surface area contributed by atoms with E-state index in [9.17, 15) is 0 Å². The second-order valence-corrected chi connectivity index (χ2v) is 18.5. The Kier molecular flexibility index (Phi) is 9.07. The number of rotatable bonds is 7. The van der Waals surface area contributed by atoms with Crippen LogP contribution in [-0.4, -0.2) is 4.57 Å². The van der Waals surface area contributed by atoms with Crippen LogP contribution in [-0.2, 0) is 10.8 Å². The highest BCUT2D eigenvalue weighted by atomic mass is 15.1. The molecule has 0 bridgehead atoms. The second-order valence-electron chi connectivity index (χ2n) is 18.5. The molecule has 1 aliphatic heterocycles. The molecule has 0 N–H and O–H groups in total. The standard InChI is InChI=1S/C61H52N2/c1-7-53-58(37-40(2)41-17-10-8-11-18-41)63-57-36-29-45(38-52(57)51-22-16-24-55(59(51)63)60(53,3)4)44-27-32-47(33-28-44)62(46-30-25-43(26-31-46)42-19-12-9-13-20-42)48-34-35-50-49-21-14-15-23-54(49)61(5,6)56(50)39-48/h7-40H,1-6H3/b53-7?,58-37+. The summed E-state index contributed by atoms with van der Waals surface area (Å²) in [6.07, 6.45) is 4.81. The van der Waals surface area contributed by atoms with E-state index in [1.165, 1.54) is 88.7 Å². The average Bonchev–Trinajstić information content (AvgIpc) is 3.77. The Bertz CT molecular complexity index is 3270. The fraction of sp³-hybridized carbons (Fsp3) is 0.148. The van der Waals surface area contributed by atoms with Gasteiger partial charge in [0.25, 0.3) is 0 Å². The zero-order valence-electron chi connectivity index (χ0n) is 37.0. The summed E-state index contributed by atoms with van der Waals surface area (Å²) in [5.41, 5.74) is 21.3. The minimum Gasteiger partial charge on any atom is -0.310 e. The largest absolute Gasteiger partial charge is 0.310 e. The normalized spacial score (nSPS) is 16.3. The van der Waals surface area contributed by atoms with Gasteiger partial charge in [-0.3, -0.25) is 0 Å². The van der Waals surface area contributed by atoms with E-state index in [4.69, 9.17) is 0 Å². The number of para-hydroxylation sites is 1. The Morgan fingerprint density at radius 3 is 1.75 bits per heavy atom. The molecule has 0 amide bonds. The second kappa shape index (κ2) is 14.7. The van der Waals surface area contributed by atoms with E-state index < -0.39 is 0 Å². The van der Waals surface area contributed by atoms with Crippen molar-refractivity contribution in [3.05, 3.63) is 228 Å². The number of anilines is 3. The van der Waals surface area contributed by atoms with Crippen molar-refractivity contribution in [2.75, 3.05) is 4.90 Å². The van der Waals surface area contributed by atoms with Crippen LogP contribution in [0.25, 0.3) is 60.9 Å². The Morgan fingerprint density at radius 1 is 0.476 bits per heavy atom. The molecule has 9 aromatic rings. The Morgan fingerprint density at radius 2 is 1.05 bits per heavy atom. The van der Waals surface area contributed by atoms with Gasteiger partial charge >= 0.3 is 0 Å². The van der Waals surface area contributed by atoms with Gasteiger partial charge in [0.15, 0.2) is 0 Å². The van der Waals surface area contributed by atoms with Crippen LogP contribution in [0.15, 0.2) is 206 Å². The van der Waals surface area contributed by atoms with Crippen molar-refractivity contribution in [2.45, 2.75) is 58.3 Å². The molecule has 1 unspecified atom stereocenters. The lowest BCUT2D eigenvalue weighted by atomic mass is 9.73. The van der Waals surface area contributed by atoms with Gasteiger partial charge in [0.05, 0.1) is 11.0 Å². The lowest BCUT2D eigenvalue weighted by Gasteiger charge is -2.37. The van der Waals surface area contributed by atoms with E-state index in [0.29, 0.717) is 0 Å². The summed E-state index contributed by atoms with van der Waals surface area (Å²) < 4.78 is 2.55. The fourth-order valence-corrected chi connectivity index (χ4v) is 10.9. The maximum absolute atomic E-state index is 2.55. The fourth-order valence-electron chi connectivity index (χ4n) is 10.9. The molecule has 2 aliphatic rings. The number of hydrogen-bond acceptors (Lipinski definition) is 1. The molecule has 2 nitrogen and oxygen atoms in total. The highest BCUT2D eigenvalue weighted by Gasteiger charge is 2.38. The monoisotopic (exact) mass is 812 g/mol. The SMILES string of the molecule is CC=C1/C(=C\C(C)c2ccccc2)n2c3ccc(-c4ccc(N(c5ccc(-c6ccccc6)cc5)c5ccc6c(c5)C(C)(C)c5ccccc5-6)cc4)cc3c3cccc(c32)C1(C)C. The molecule has 0 saturated carbocycles. The predicted octanol–water partition coefficient (Wildman–Crippen LogP) is 16.8. The van der Waals surface area contributed by atoms with Crippen molar-refractivity contribution >= 4 is 44.6 Å². The number of aromatic nitrogens is 1. The van der Waals surface area contributed by atoms with Crippen LogP contribution in [0.4, 0.5) is 17.1 Å². The molecular weight excluding hydrogens is 761 g/mol. The van der Waals surface area contributed by atoms with Crippen LogP contribution in [0.2, 0.25) is 0 Å². The molecule has 1 atom stereocenters. The van der Waals surface area contributed by atoms with Gasteiger partial charge in [-0.15, -0.1) is 0 Å². The van der Waals surface area contributed by atoms with E-state index in [2.05, 4.69) is 251 Å². The first-order chi connectivity index (χ1) is 30.6. The van der Waals surface area contributed by atoms with Crippen molar-refractivity contribution < 1.29 is 0 Å². The molecule has 63 heavy (non-hydrogen) atoms. The maximum atomic E-state index is 2.55. The van der Waals surface area contributed by atoms with Crippen molar-refractivity contribution in [3.63, 3.8) is 0 Å². The minimum absolute atomic E-state index is 0.0997. The van der Waals surface area contributed by atoms with Gasteiger partial charge < -0.3 is 9.47 Å². The topological polar surface area (TPSA) is 8.17 Å². The molecule has 2 heteroatoms. The molecule has 2 heterocycles. The third-order valence-electron chi connectivity index (χ3n) is 14.2. The number of nitrogens with zero attached hydrogens (tertiary/aromatic N) is 2. The van der Waals surface area contributed by atoms with Crippen LogP contribution >= 0.6 is 0 Å². The molecule has 0 radical (unpaired) electrons. The molecule has 1 aromatic heterocycles. The third kappa shape index (κ3) is 6.15. The van der Waals surface area contributed by atoms with Gasteiger partial charge in [-0.1, -0.05) is 186 Å². The Balaban J connectivity index is 1.02. The minimum atomic E-state index is -0.147. The van der Waals surface area contributed by atoms with Crippen molar-refractivity contribution in [3.8, 4) is 33.4 Å². The van der Waals surface area contributed by atoms with Crippen LogP contribution in [0.3, 0.4) is 0 Å². The third-order valence-corrected chi connectivity index (χ3v) is 14.2. The van der Waals surface area contributed by atoms with E-state index in [-0.39, 0.29) is 16.7 Å². The maximum Gasteiger partial charge on any atom is 0.0581 e. The molecule has 1 aliphatic carbocycles. The number of fused-ring (bicyclic) bond motifs is 6. The summed E-state index contributed by atoms with van der Waals surface area (Å²) in [6, 6.07) is 69.6. The van der Waals surface area contributed by atoms with Crippen molar-refractivity contribution in [1.29, 1.82) is 0 Å². The quantitative estimate of drug-likeness (QED) is 0.156. The Hall–Kier alpha value is -7.16. The van der Waals surface area contributed by atoms with E-state index in [1.54, 1.807) is 0 Å². The van der Waals surface area contributed by atoms with E-state index >= 15 is 0 Å². The lowest BCUT2D eigenvalue weighted by Crippen LogP contribution is -2.28. The van der Waals surface area contributed by atoms with E-state index in [0.717, 1.165) is 17.1 Å². The first-order valence-electron chi connectivity index (χ1n) is 22.5. The molecule has 11 rings (SSSR count). The number of benzene rings is 8. The Labute approximate surface area is 372 Å². The van der Waals surface area contributed by atoms with Crippen molar-refractivity contribution in [2.24, 2.45) is 0 Å². The summed E-state index contributed by atoms with van der Waals surface area (Å²) in [7, 11) is 0. The van der Waals surface area contributed by atoms with Crippen LogP contribution in [0, 0.1) is 0 Å². The summed E-state index contributed by atoms with van der Waals surface area (Å²) in [4.78, 5) is 2.41. The zero-order valence-corrected chi connectivity index (χ0v) is 37.0. The van der Waals surface area contributed by atoms with Gasteiger partial charge in [-0.05, 0) is 117 Å². The summed E-state index contributed by atoms with van der Waals surface area (Å²) >= 11 is 0. The van der Waals surface area contributed by atoms with Gasteiger partial charge in [0.1, 0.15) is 0 Å². The lowest BCUT2D eigenvalue weighted by molar-refractivity contribution is 0.629. The van der Waals surface area contributed by atoms with Crippen LogP contribution in [0.1, 0.15) is 69.7 Å². The number of hydrogen-bond donors (Lipinski definition) is 0. The first-order valence-corrected chi connectivity index (χ1v) is 22.5. The molecule has 0 spiro atoms. The summed E-state index contributed by atoms with van der Waals surface area (Å²) in [5.74, 6) is 0.253. The predicted molar refractivity (Wildman–Crippen MR) is 268 cm³/mol. The van der Waals surface area contributed by atoms with Gasteiger partial charge in [-0.25, -0.2) is 0 Å². The summed E-state index contributed by atoms with van der Waals surface area (Å²) in [5, 5.41) is 2.58. The summed E-state index contributed by atoms with van der Waals surface area (Å²) in [6.45, 7) is 14.0. The molecule has 0 saturated heterocycles. The van der Waals surface area contributed by atoms with Gasteiger partial charge in [-0.2, -0.15) is 0 Å². The van der Waals surface area contributed by atoms with Crippen LogP contribution < -0.4 is 4.90 Å².